The Hall–Kier alpha value is -1.39. The van der Waals surface area contributed by atoms with Gasteiger partial charge in [0.2, 0.25) is 0 Å². The van der Waals surface area contributed by atoms with Crippen LogP contribution in [0.5, 0.6) is 0 Å². The molecule has 0 saturated heterocycles. The van der Waals surface area contributed by atoms with Gasteiger partial charge in [-0.2, -0.15) is 0 Å². The number of rotatable bonds is 7. The molecule has 1 aliphatic carbocycles. The molecule has 1 aliphatic rings. The first-order valence-electron chi connectivity index (χ1n) is 10.5. The number of ether oxygens (including phenoxy) is 1. The third-order valence-corrected chi connectivity index (χ3v) is 5.28. The molecule has 2 rings (SSSR count). The summed E-state index contributed by atoms with van der Waals surface area (Å²) in [6.07, 6.45) is 5.95. The average Bonchev–Trinajstić information content (AvgIpc) is 2.80. The molecular weight excluding hydrogens is 338 g/mol. The van der Waals surface area contributed by atoms with Gasteiger partial charge in [-0.1, -0.05) is 39.3 Å². The lowest BCUT2D eigenvalue weighted by atomic mass is 9.67. The zero-order valence-corrected chi connectivity index (χ0v) is 18.6. The zero-order valence-electron chi connectivity index (χ0n) is 18.6. The van der Waals surface area contributed by atoms with Gasteiger partial charge in [-0.15, -0.1) is 5.10 Å². The largest absolute Gasteiger partial charge is 0.460 e. The van der Waals surface area contributed by atoms with Crippen LogP contribution < -0.4 is 0 Å². The van der Waals surface area contributed by atoms with E-state index in [9.17, 15) is 4.79 Å². The van der Waals surface area contributed by atoms with E-state index in [1.807, 2.05) is 25.5 Å². The van der Waals surface area contributed by atoms with Gasteiger partial charge in [0.15, 0.2) is 0 Å². The summed E-state index contributed by atoms with van der Waals surface area (Å²) in [6, 6.07) is 0.0246. The van der Waals surface area contributed by atoms with E-state index in [0.29, 0.717) is 17.8 Å². The molecule has 1 fully saturated rings. The van der Waals surface area contributed by atoms with Crippen LogP contribution in [-0.4, -0.2) is 26.6 Å². The number of esters is 1. The summed E-state index contributed by atoms with van der Waals surface area (Å²) in [5.74, 6) is 1.16. The second-order valence-electron chi connectivity index (χ2n) is 10.5. The van der Waals surface area contributed by atoms with Crippen molar-refractivity contribution in [2.24, 2.45) is 11.3 Å². The van der Waals surface area contributed by atoms with Crippen LogP contribution in [0.15, 0.2) is 0 Å². The summed E-state index contributed by atoms with van der Waals surface area (Å²) < 4.78 is 7.49. The van der Waals surface area contributed by atoms with Gasteiger partial charge in [0, 0.05) is 5.92 Å². The molecule has 0 aromatic carbocycles. The summed E-state index contributed by atoms with van der Waals surface area (Å²) >= 11 is 0. The second-order valence-corrected chi connectivity index (χ2v) is 10.5. The van der Waals surface area contributed by atoms with Gasteiger partial charge < -0.3 is 4.74 Å². The highest BCUT2D eigenvalue weighted by Gasteiger charge is 2.36. The summed E-state index contributed by atoms with van der Waals surface area (Å²) in [4.78, 5) is 12.3. The highest BCUT2D eigenvalue weighted by atomic mass is 16.6. The lowest BCUT2D eigenvalue weighted by Crippen LogP contribution is -2.27. The van der Waals surface area contributed by atoms with E-state index < -0.39 is 5.60 Å². The van der Waals surface area contributed by atoms with Gasteiger partial charge in [0.1, 0.15) is 5.60 Å². The third kappa shape index (κ3) is 6.32. The van der Waals surface area contributed by atoms with Crippen molar-refractivity contribution >= 4 is 5.97 Å². The third-order valence-electron chi connectivity index (χ3n) is 5.28. The van der Waals surface area contributed by atoms with Crippen molar-refractivity contribution in [3.8, 4) is 0 Å². The minimum absolute atomic E-state index is 0.0246. The predicted octanol–water partition coefficient (Wildman–Crippen LogP) is 5.59. The van der Waals surface area contributed by atoms with Crippen LogP contribution in [0.1, 0.15) is 110 Å². The number of hydrogen-bond donors (Lipinski definition) is 0. The number of carbonyl (C=O) groups is 1. The smallest absolute Gasteiger partial charge is 0.308 e. The summed E-state index contributed by atoms with van der Waals surface area (Å²) in [5, 5.41) is 8.96. The van der Waals surface area contributed by atoms with Crippen molar-refractivity contribution in [1.82, 2.24) is 15.0 Å². The first-order chi connectivity index (χ1) is 12.4. The van der Waals surface area contributed by atoms with E-state index in [1.165, 1.54) is 19.3 Å². The molecule has 154 valence electrons. The quantitative estimate of drug-likeness (QED) is 0.581. The van der Waals surface area contributed by atoms with E-state index in [4.69, 9.17) is 4.74 Å². The molecule has 0 radical (unpaired) electrons. The van der Waals surface area contributed by atoms with E-state index in [-0.39, 0.29) is 12.0 Å². The maximum Gasteiger partial charge on any atom is 0.308 e. The van der Waals surface area contributed by atoms with E-state index in [0.717, 1.165) is 30.1 Å². The lowest BCUT2D eigenvalue weighted by Gasteiger charge is -2.38. The summed E-state index contributed by atoms with van der Waals surface area (Å²) in [7, 11) is 0. The van der Waals surface area contributed by atoms with Crippen molar-refractivity contribution in [1.29, 1.82) is 0 Å². The normalized spacial score (nSPS) is 21.6. The molecule has 0 aliphatic heterocycles. The van der Waals surface area contributed by atoms with Crippen LogP contribution in [0.2, 0.25) is 0 Å². The molecule has 0 N–H and O–H groups in total. The molecule has 1 saturated carbocycles. The molecule has 27 heavy (non-hydrogen) atoms. The standard InChI is InChI=1S/C22H39N3O2/c1-9-10-18(13-19(26)27-22(6,7)8)25-15(2)20(23-24-25)17-11-16(12-17)14-21(3,4)5/h16-18H,9-14H2,1-8H3/t16?,17?,18-/m0/s1. The van der Waals surface area contributed by atoms with Crippen molar-refractivity contribution in [2.75, 3.05) is 0 Å². The molecule has 5 nitrogen and oxygen atoms in total. The molecule has 1 atom stereocenters. The van der Waals surface area contributed by atoms with E-state index >= 15 is 0 Å². The highest BCUT2D eigenvalue weighted by molar-refractivity contribution is 5.70. The molecule has 1 heterocycles. The number of aromatic nitrogens is 3. The maximum absolute atomic E-state index is 12.3. The average molecular weight is 378 g/mol. The maximum atomic E-state index is 12.3. The van der Waals surface area contributed by atoms with Crippen LogP contribution in [-0.2, 0) is 9.53 Å². The minimum atomic E-state index is -0.454. The SMILES string of the molecule is CCC[C@@H](CC(=O)OC(C)(C)C)n1nnc(C2CC(CC(C)(C)C)C2)c1C. The molecular formula is C22H39N3O2. The van der Waals surface area contributed by atoms with Gasteiger partial charge in [-0.3, -0.25) is 4.79 Å². The van der Waals surface area contributed by atoms with Crippen molar-refractivity contribution < 1.29 is 9.53 Å². The minimum Gasteiger partial charge on any atom is -0.460 e. The van der Waals surface area contributed by atoms with Crippen LogP contribution in [0.25, 0.3) is 0 Å². The predicted molar refractivity (Wildman–Crippen MR) is 109 cm³/mol. The van der Waals surface area contributed by atoms with Crippen molar-refractivity contribution in [3.63, 3.8) is 0 Å². The topological polar surface area (TPSA) is 57.0 Å². The Morgan fingerprint density at radius 2 is 1.85 bits per heavy atom. The van der Waals surface area contributed by atoms with Crippen LogP contribution in [0.3, 0.4) is 0 Å². The molecule has 1 aromatic heterocycles. The van der Waals surface area contributed by atoms with Crippen LogP contribution >= 0.6 is 0 Å². The van der Waals surface area contributed by atoms with Crippen LogP contribution in [0, 0.1) is 18.3 Å². The molecule has 0 spiro atoms. The van der Waals surface area contributed by atoms with Gasteiger partial charge in [-0.05, 0) is 64.7 Å². The second kappa shape index (κ2) is 8.32. The van der Waals surface area contributed by atoms with Gasteiger partial charge >= 0.3 is 5.97 Å². The number of nitrogens with zero attached hydrogens (tertiary/aromatic N) is 3. The molecule has 5 heteroatoms. The Morgan fingerprint density at radius 3 is 2.37 bits per heavy atom. The summed E-state index contributed by atoms with van der Waals surface area (Å²) in [5.41, 5.74) is 2.19. The Labute approximate surface area is 165 Å². The monoisotopic (exact) mass is 377 g/mol. The molecule has 1 aromatic rings. The van der Waals surface area contributed by atoms with Gasteiger partial charge in [0.05, 0.1) is 23.9 Å². The Kier molecular flexibility index (Phi) is 6.75. The van der Waals surface area contributed by atoms with E-state index in [2.05, 4.69) is 44.9 Å². The van der Waals surface area contributed by atoms with E-state index in [1.54, 1.807) is 0 Å². The lowest BCUT2D eigenvalue weighted by molar-refractivity contribution is -0.155. The Morgan fingerprint density at radius 1 is 1.22 bits per heavy atom. The molecule has 0 unspecified atom stereocenters. The van der Waals surface area contributed by atoms with Crippen LogP contribution in [0.4, 0.5) is 0 Å². The van der Waals surface area contributed by atoms with Gasteiger partial charge in [-0.25, -0.2) is 4.68 Å². The van der Waals surface area contributed by atoms with Crippen molar-refractivity contribution in [2.45, 2.75) is 111 Å². The highest BCUT2D eigenvalue weighted by Crippen LogP contribution is 2.46. The zero-order chi connectivity index (χ0) is 20.4. The first-order valence-corrected chi connectivity index (χ1v) is 10.5. The fraction of sp³-hybridized carbons (Fsp3) is 0.864. The van der Waals surface area contributed by atoms with Gasteiger partial charge in [0.25, 0.3) is 0 Å². The fourth-order valence-corrected chi connectivity index (χ4v) is 4.29. The summed E-state index contributed by atoms with van der Waals surface area (Å²) in [6.45, 7) is 16.9. The van der Waals surface area contributed by atoms with Crippen molar-refractivity contribution in [3.05, 3.63) is 11.4 Å². The molecule has 0 amide bonds. The number of hydrogen-bond acceptors (Lipinski definition) is 4. The Balaban J connectivity index is 2.04. The first kappa shape index (κ1) is 21.9. The Bertz CT molecular complexity index is 631. The number of carbonyl (C=O) groups excluding carboxylic acids is 1. The molecule has 0 bridgehead atoms. The fourth-order valence-electron chi connectivity index (χ4n) is 4.29.